The second-order valence-electron chi connectivity index (χ2n) is 4.81. The molecule has 4 heteroatoms. The first-order valence-corrected chi connectivity index (χ1v) is 6.40. The van der Waals surface area contributed by atoms with Crippen molar-refractivity contribution < 1.29 is 4.74 Å². The van der Waals surface area contributed by atoms with E-state index in [9.17, 15) is 0 Å². The minimum atomic E-state index is 0.510. The highest BCUT2D eigenvalue weighted by molar-refractivity contribution is 5.86. The topological polar surface area (TPSA) is 61.0 Å². The van der Waals surface area contributed by atoms with Gasteiger partial charge in [-0.3, -0.25) is 0 Å². The second kappa shape index (κ2) is 4.81. The zero-order valence-corrected chi connectivity index (χ0v) is 11.4. The number of fused-ring (bicyclic) bond motifs is 1. The van der Waals surface area contributed by atoms with Crippen LogP contribution in [-0.4, -0.2) is 10.2 Å². The van der Waals surface area contributed by atoms with Crippen molar-refractivity contribution in [2.24, 2.45) is 0 Å². The highest BCUT2D eigenvalue weighted by Crippen LogP contribution is 2.31. The van der Waals surface area contributed by atoms with Gasteiger partial charge < -0.3 is 10.5 Å². The van der Waals surface area contributed by atoms with E-state index >= 15 is 0 Å². The van der Waals surface area contributed by atoms with Gasteiger partial charge in [0.15, 0.2) is 0 Å². The molecule has 0 fully saturated rings. The van der Waals surface area contributed by atoms with Crippen LogP contribution in [0.25, 0.3) is 10.8 Å². The Morgan fingerprint density at radius 3 is 2.70 bits per heavy atom. The summed E-state index contributed by atoms with van der Waals surface area (Å²) in [6, 6.07) is 11.7. The fourth-order valence-electron chi connectivity index (χ4n) is 2.10. The minimum Gasteiger partial charge on any atom is -0.437 e. The number of aryl methyl sites for hydroxylation is 2. The van der Waals surface area contributed by atoms with Gasteiger partial charge in [0.2, 0.25) is 5.88 Å². The third-order valence-electron chi connectivity index (χ3n) is 3.31. The van der Waals surface area contributed by atoms with Gasteiger partial charge in [0.25, 0.3) is 0 Å². The molecule has 1 aromatic heterocycles. The lowest BCUT2D eigenvalue weighted by Crippen LogP contribution is -1.96. The summed E-state index contributed by atoms with van der Waals surface area (Å²) in [5, 5.41) is 10.0. The second-order valence-corrected chi connectivity index (χ2v) is 4.81. The molecule has 0 bridgehead atoms. The molecule has 2 aromatic carbocycles. The van der Waals surface area contributed by atoms with E-state index in [1.165, 1.54) is 0 Å². The third-order valence-corrected chi connectivity index (χ3v) is 3.31. The monoisotopic (exact) mass is 265 g/mol. The van der Waals surface area contributed by atoms with Crippen LogP contribution in [0.2, 0.25) is 0 Å². The van der Waals surface area contributed by atoms with Crippen LogP contribution in [0, 0.1) is 13.8 Å². The molecule has 0 spiro atoms. The van der Waals surface area contributed by atoms with Crippen LogP contribution in [-0.2, 0) is 0 Å². The molecular weight excluding hydrogens is 250 g/mol. The maximum Gasteiger partial charge on any atom is 0.246 e. The minimum absolute atomic E-state index is 0.510. The fraction of sp³-hybridized carbons (Fsp3) is 0.125. The van der Waals surface area contributed by atoms with Crippen molar-refractivity contribution in [3.05, 3.63) is 53.7 Å². The van der Waals surface area contributed by atoms with Gasteiger partial charge in [-0.25, -0.2) is 0 Å². The molecule has 0 aliphatic rings. The van der Waals surface area contributed by atoms with Crippen molar-refractivity contribution in [2.45, 2.75) is 13.8 Å². The van der Waals surface area contributed by atoms with Gasteiger partial charge in [-0.15, -0.1) is 5.10 Å². The van der Waals surface area contributed by atoms with E-state index in [2.05, 4.69) is 10.2 Å². The highest BCUT2D eigenvalue weighted by Gasteiger charge is 2.09. The average molecular weight is 265 g/mol. The summed E-state index contributed by atoms with van der Waals surface area (Å²) >= 11 is 0. The molecule has 20 heavy (non-hydrogen) atoms. The molecular formula is C16H15N3O. The molecule has 0 amide bonds. The number of nitrogens with two attached hydrogens (primary N) is 1. The van der Waals surface area contributed by atoms with Gasteiger partial charge in [0.1, 0.15) is 5.75 Å². The van der Waals surface area contributed by atoms with Crippen LogP contribution < -0.4 is 10.5 Å². The number of ether oxygens (including phenoxy) is 1. The van der Waals surface area contributed by atoms with E-state index in [0.717, 1.165) is 33.3 Å². The lowest BCUT2D eigenvalue weighted by atomic mass is 10.1. The Kier molecular flexibility index (Phi) is 2.99. The van der Waals surface area contributed by atoms with E-state index in [1.807, 2.05) is 50.2 Å². The number of hydrogen-bond donors (Lipinski definition) is 1. The number of nitrogen functional groups attached to an aromatic ring is 1. The Labute approximate surface area is 117 Å². The summed E-state index contributed by atoms with van der Waals surface area (Å²) in [7, 11) is 0. The van der Waals surface area contributed by atoms with E-state index in [-0.39, 0.29) is 0 Å². The van der Waals surface area contributed by atoms with E-state index < -0.39 is 0 Å². The maximum absolute atomic E-state index is 5.93. The van der Waals surface area contributed by atoms with Gasteiger partial charge in [0, 0.05) is 16.5 Å². The molecule has 2 N–H and O–H groups in total. The van der Waals surface area contributed by atoms with Gasteiger partial charge in [-0.1, -0.05) is 18.2 Å². The summed E-state index contributed by atoms with van der Waals surface area (Å²) in [4.78, 5) is 0. The Balaban J connectivity index is 2.08. The van der Waals surface area contributed by atoms with Gasteiger partial charge in [0.05, 0.1) is 6.20 Å². The van der Waals surface area contributed by atoms with Gasteiger partial charge in [-0.2, -0.15) is 5.10 Å². The number of benzene rings is 2. The van der Waals surface area contributed by atoms with Crippen LogP contribution in [0.15, 0.2) is 42.6 Å². The molecule has 0 aliphatic heterocycles. The number of anilines is 1. The Hall–Kier alpha value is -2.62. The van der Waals surface area contributed by atoms with E-state index in [4.69, 9.17) is 10.5 Å². The van der Waals surface area contributed by atoms with Crippen molar-refractivity contribution in [1.29, 1.82) is 0 Å². The number of aromatic nitrogens is 2. The third kappa shape index (κ3) is 2.16. The summed E-state index contributed by atoms with van der Waals surface area (Å²) in [5.41, 5.74) is 8.61. The fourth-order valence-corrected chi connectivity index (χ4v) is 2.10. The first kappa shape index (κ1) is 12.4. The largest absolute Gasteiger partial charge is 0.437 e. The van der Waals surface area contributed by atoms with E-state index in [0.29, 0.717) is 5.88 Å². The first-order chi connectivity index (χ1) is 9.65. The Morgan fingerprint density at radius 2 is 1.85 bits per heavy atom. The summed E-state index contributed by atoms with van der Waals surface area (Å²) < 4.78 is 5.93. The Morgan fingerprint density at radius 1 is 1.05 bits per heavy atom. The zero-order valence-electron chi connectivity index (χ0n) is 11.4. The lowest BCUT2D eigenvalue weighted by molar-refractivity contribution is 0.458. The summed E-state index contributed by atoms with van der Waals surface area (Å²) in [6.07, 6.45) is 1.73. The van der Waals surface area contributed by atoms with E-state index in [1.54, 1.807) is 6.20 Å². The molecule has 100 valence electrons. The first-order valence-electron chi connectivity index (χ1n) is 6.40. The maximum atomic E-state index is 5.93. The average Bonchev–Trinajstić information content (AvgIpc) is 2.45. The van der Waals surface area contributed by atoms with Crippen molar-refractivity contribution in [3.8, 4) is 11.6 Å². The molecule has 4 nitrogen and oxygen atoms in total. The highest BCUT2D eigenvalue weighted by atomic mass is 16.5. The smallest absolute Gasteiger partial charge is 0.246 e. The molecule has 0 aliphatic carbocycles. The predicted octanol–water partition coefficient (Wildman–Crippen LogP) is 3.62. The molecule has 0 saturated carbocycles. The summed E-state index contributed by atoms with van der Waals surface area (Å²) in [5.74, 6) is 1.26. The number of rotatable bonds is 2. The molecule has 3 rings (SSSR count). The molecule has 0 saturated heterocycles. The van der Waals surface area contributed by atoms with Crippen LogP contribution in [0.4, 0.5) is 5.69 Å². The van der Waals surface area contributed by atoms with Gasteiger partial charge in [-0.05, 0) is 43.2 Å². The molecule has 0 atom stereocenters. The van der Waals surface area contributed by atoms with Crippen LogP contribution >= 0.6 is 0 Å². The van der Waals surface area contributed by atoms with Crippen molar-refractivity contribution in [3.63, 3.8) is 0 Å². The summed E-state index contributed by atoms with van der Waals surface area (Å²) in [6.45, 7) is 3.92. The lowest BCUT2D eigenvalue weighted by Gasteiger charge is -2.11. The SMILES string of the molecule is Cc1cc(Oc2nncc3ccccc23)c(C)cc1N. The number of hydrogen-bond acceptors (Lipinski definition) is 4. The van der Waals surface area contributed by atoms with Gasteiger partial charge >= 0.3 is 0 Å². The quantitative estimate of drug-likeness (QED) is 0.719. The number of nitrogens with zero attached hydrogens (tertiary/aromatic N) is 2. The Bertz CT molecular complexity index is 779. The molecule has 1 heterocycles. The van der Waals surface area contributed by atoms with Crippen molar-refractivity contribution in [2.75, 3.05) is 5.73 Å². The predicted molar refractivity (Wildman–Crippen MR) is 79.9 cm³/mol. The van der Waals surface area contributed by atoms with Crippen LogP contribution in [0.3, 0.4) is 0 Å². The van der Waals surface area contributed by atoms with Crippen molar-refractivity contribution in [1.82, 2.24) is 10.2 Å². The zero-order chi connectivity index (χ0) is 14.1. The standard InChI is InChI=1S/C16H15N3O/c1-10-8-15(11(2)7-14(10)17)20-16-13-6-4-3-5-12(13)9-18-19-16/h3-9H,17H2,1-2H3. The van der Waals surface area contributed by atoms with Crippen LogP contribution in [0.5, 0.6) is 11.6 Å². The molecule has 0 unspecified atom stereocenters. The van der Waals surface area contributed by atoms with Crippen LogP contribution in [0.1, 0.15) is 11.1 Å². The molecule has 3 aromatic rings. The van der Waals surface area contributed by atoms with Crippen molar-refractivity contribution >= 4 is 16.5 Å². The molecule has 0 radical (unpaired) electrons. The normalized spacial score (nSPS) is 10.7.